The summed E-state index contributed by atoms with van der Waals surface area (Å²) >= 11 is 0. The largest absolute Gasteiger partial charge is 0.488 e. The Balaban J connectivity index is 1.79. The fourth-order valence-electron chi connectivity index (χ4n) is 1.79. The first-order valence-corrected chi connectivity index (χ1v) is 5.29. The van der Waals surface area contributed by atoms with Gasteiger partial charge in [-0.05, 0) is 11.6 Å². The third-order valence-electron chi connectivity index (χ3n) is 2.53. The summed E-state index contributed by atoms with van der Waals surface area (Å²) in [5.74, 6) is 3.64. The van der Waals surface area contributed by atoms with Crippen LogP contribution in [-0.4, -0.2) is 19.2 Å². The molecular weight excluding hydrogens is 186 g/mol. The van der Waals surface area contributed by atoms with Crippen molar-refractivity contribution in [3.8, 4) is 18.1 Å². The topological polar surface area (TPSA) is 21.3 Å². The minimum absolute atomic E-state index is 0.264. The summed E-state index contributed by atoms with van der Waals surface area (Å²) in [5.41, 5.74) is 1.31. The lowest BCUT2D eigenvalue weighted by Gasteiger charge is -2.10. The number of hydrogen-bond acceptors (Lipinski definition) is 2. The van der Waals surface area contributed by atoms with Gasteiger partial charge in [-0.15, -0.1) is 12.3 Å². The van der Waals surface area contributed by atoms with Gasteiger partial charge in [-0.1, -0.05) is 18.2 Å². The van der Waals surface area contributed by atoms with Crippen LogP contribution in [0, 0.1) is 12.3 Å². The summed E-state index contributed by atoms with van der Waals surface area (Å²) in [4.78, 5) is 0. The molecule has 2 nitrogen and oxygen atoms in total. The summed E-state index contributed by atoms with van der Waals surface area (Å²) < 4.78 is 5.77. The van der Waals surface area contributed by atoms with Crippen LogP contribution in [0.3, 0.4) is 0 Å². The van der Waals surface area contributed by atoms with E-state index in [4.69, 9.17) is 11.2 Å². The van der Waals surface area contributed by atoms with Gasteiger partial charge in [-0.2, -0.15) is 0 Å². The molecule has 1 aliphatic heterocycles. The average Bonchev–Trinajstić information content (AvgIpc) is 2.67. The molecule has 0 spiro atoms. The van der Waals surface area contributed by atoms with E-state index in [1.165, 1.54) is 5.56 Å². The fraction of sp³-hybridized carbons (Fsp3) is 0.385. The van der Waals surface area contributed by atoms with Gasteiger partial charge in [-0.25, -0.2) is 0 Å². The molecule has 1 heterocycles. The van der Waals surface area contributed by atoms with Crippen molar-refractivity contribution < 1.29 is 4.74 Å². The summed E-state index contributed by atoms with van der Waals surface area (Å²) in [6, 6.07) is 8.21. The third kappa shape index (κ3) is 2.51. The minimum atomic E-state index is 0.264. The summed E-state index contributed by atoms with van der Waals surface area (Å²) in [6.45, 7) is 1.74. The Hall–Kier alpha value is -1.46. The van der Waals surface area contributed by atoms with Gasteiger partial charge >= 0.3 is 0 Å². The minimum Gasteiger partial charge on any atom is -0.488 e. The maximum atomic E-state index is 5.77. The van der Waals surface area contributed by atoms with Gasteiger partial charge < -0.3 is 10.1 Å². The van der Waals surface area contributed by atoms with Gasteiger partial charge in [0.05, 0.1) is 0 Å². The second kappa shape index (κ2) is 4.86. The van der Waals surface area contributed by atoms with Gasteiger partial charge in [0.15, 0.2) is 0 Å². The van der Waals surface area contributed by atoms with Crippen molar-refractivity contribution in [1.82, 2.24) is 5.32 Å². The average molecular weight is 201 g/mol. The zero-order valence-corrected chi connectivity index (χ0v) is 8.70. The number of hydrogen-bond donors (Lipinski definition) is 1. The first-order valence-electron chi connectivity index (χ1n) is 5.29. The quantitative estimate of drug-likeness (QED) is 0.590. The molecule has 0 bridgehead atoms. The number of nitrogens with one attached hydrogen (secondary N) is 1. The summed E-state index contributed by atoms with van der Waals surface area (Å²) in [7, 11) is 0. The molecule has 1 unspecified atom stereocenters. The summed E-state index contributed by atoms with van der Waals surface area (Å²) in [5, 5.41) is 3.30. The van der Waals surface area contributed by atoms with Crippen LogP contribution in [0.4, 0.5) is 0 Å². The molecule has 2 rings (SSSR count). The van der Waals surface area contributed by atoms with Gasteiger partial charge in [0.1, 0.15) is 11.9 Å². The molecule has 0 amide bonds. The van der Waals surface area contributed by atoms with Crippen LogP contribution in [0.2, 0.25) is 0 Å². The van der Waals surface area contributed by atoms with Crippen molar-refractivity contribution in [3.05, 3.63) is 29.8 Å². The van der Waals surface area contributed by atoms with Crippen molar-refractivity contribution >= 4 is 0 Å². The second-order valence-corrected chi connectivity index (χ2v) is 3.71. The van der Waals surface area contributed by atoms with Crippen LogP contribution in [0.1, 0.15) is 12.0 Å². The molecular formula is C13H15NO. The van der Waals surface area contributed by atoms with Crippen molar-refractivity contribution in [2.24, 2.45) is 0 Å². The van der Waals surface area contributed by atoms with E-state index in [1.54, 1.807) is 0 Å². The van der Waals surface area contributed by atoms with E-state index in [0.29, 0.717) is 0 Å². The van der Waals surface area contributed by atoms with E-state index in [2.05, 4.69) is 23.4 Å². The predicted octanol–water partition coefficient (Wildman–Crippen LogP) is 1.60. The van der Waals surface area contributed by atoms with Gasteiger partial charge in [0, 0.05) is 25.9 Å². The molecule has 0 aromatic heterocycles. The maximum absolute atomic E-state index is 5.77. The highest BCUT2D eigenvalue weighted by Crippen LogP contribution is 2.27. The zero-order chi connectivity index (χ0) is 10.5. The molecule has 1 aromatic carbocycles. The van der Waals surface area contributed by atoms with Crippen LogP contribution in [0.25, 0.3) is 0 Å². The number of fused-ring (bicyclic) bond motifs is 1. The second-order valence-electron chi connectivity index (χ2n) is 3.71. The monoisotopic (exact) mass is 201 g/mol. The van der Waals surface area contributed by atoms with E-state index in [1.807, 2.05) is 12.1 Å². The molecule has 0 saturated carbocycles. The molecule has 78 valence electrons. The third-order valence-corrected chi connectivity index (χ3v) is 2.53. The van der Waals surface area contributed by atoms with Crippen LogP contribution >= 0.6 is 0 Å². The Morgan fingerprint density at radius 3 is 3.13 bits per heavy atom. The van der Waals surface area contributed by atoms with Gasteiger partial charge in [-0.3, -0.25) is 0 Å². The molecule has 0 radical (unpaired) electrons. The fourth-order valence-corrected chi connectivity index (χ4v) is 1.79. The molecule has 1 aromatic rings. The first-order chi connectivity index (χ1) is 7.40. The number of ether oxygens (including phenoxy) is 1. The standard InChI is InChI=1S/C13H15NO/c1-2-3-8-14-10-12-9-11-6-4-5-7-13(11)15-12/h1,4-7,12,14H,3,8-10H2. The molecule has 0 aliphatic carbocycles. The van der Waals surface area contributed by atoms with Gasteiger partial charge in [0.25, 0.3) is 0 Å². The van der Waals surface area contributed by atoms with E-state index in [-0.39, 0.29) is 6.10 Å². The lowest BCUT2D eigenvalue weighted by Crippen LogP contribution is -2.30. The Kier molecular flexibility index (Phi) is 3.26. The molecule has 1 atom stereocenters. The molecule has 0 fully saturated rings. The first kappa shape index (κ1) is 10.1. The lowest BCUT2D eigenvalue weighted by atomic mass is 10.1. The Labute approximate surface area is 90.6 Å². The van der Waals surface area contributed by atoms with Crippen molar-refractivity contribution in [2.75, 3.05) is 13.1 Å². The SMILES string of the molecule is C#CCCNCC1Cc2ccccc2O1. The van der Waals surface area contributed by atoms with Crippen LogP contribution in [0.5, 0.6) is 5.75 Å². The Morgan fingerprint density at radius 2 is 2.33 bits per heavy atom. The Morgan fingerprint density at radius 1 is 1.47 bits per heavy atom. The highest BCUT2D eigenvalue weighted by atomic mass is 16.5. The molecule has 1 aliphatic rings. The molecule has 1 N–H and O–H groups in total. The predicted molar refractivity (Wildman–Crippen MR) is 60.9 cm³/mol. The van der Waals surface area contributed by atoms with Crippen molar-refractivity contribution in [3.63, 3.8) is 0 Å². The lowest BCUT2D eigenvalue weighted by molar-refractivity contribution is 0.228. The van der Waals surface area contributed by atoms with Crippen LogP contribution in [0.15, 0.2) is 24.3 Å². The van der Waals surface area contributed by atoms with Crippen molar-refractivity contribution in [1.29, 1.82) is 0 Å². The van der Waals surface area contributed by atoms with E-state index in [9.17, 15) is 0 Å². The number of rotatable bonds is 4. The molecule has 2 heteroatoms. The van der Waals surface area contributed by atoms with E-state index >= 15 is 0 Å². The van der Waals surface area contributed by atoms with Crippen LogP contribution < -0.4 is 10.1 Å². The van der Waals surface area contributed by atoms with Gasteiger partial charge in [0.2, 0.25) is 0 Å². The number of para-hydroxylation sites is 1. The molecule has 0 saturated heterocycles. The number of benzene rings is 1. The van der Waals surface area contributed by atoms with Crippen LogP contribution in [-0.2, 0) is 6.42 Å². The maximum Gasteiger partial charge on any atom is 0.123 e. The highest BCUT2D eigenvalue weighted by molar-refractivity contribution is 5.37. The van der Waals surface area contributed by atoms with E-state index in [0.717, 1.165) is 31.7 Å². The zero-order valence-electron chi connectivity index (χ0n) is 8.70. The van der Waals surface area contributed by atoms with Crippen molar-refractivity contribution in [2.45, 2.75) is 18.9 Å². The molecule has 15 heavy (non-hydrogen) atoms. The number of terminal acetylenes is 1. The summed E-state index contributed by atoms with van der Waals surface area (Å²) in [6.07, 6.45) is 7.21. The van der Waals surface area contributed by atoms with E-state index < -0.39 is 0 Å². The Bertz CT molecular complexity index is 342. The highest BCUT2D eigenvalue weighted by Gasteiger charge is 2.21. The smallest absolute Gasteiger partial charge is 0.123 e. The normalized spacial score (nSPS) is 17.9.